The predicted molar refractivity (Wildman–Crippen MR) is 109 cm³/mol. The number of methoxy groups -OCH3 is 1. The quantitative estimate of drug-likeness (QED) is 0.662. The maximum absolute atomic E-state index is 12.7. The minimum atomic E-state index is -3.82. The second-order valence-electron chi connectivity index (χ2n) is 5.61. The first-order valence-electron chi connectivity index (χ1n) is 8.53. The summed E-state index contributed by atoms with van der Waals surface area (Å²) in [5.41, 5.74) is 1.64. The second kappa shape index (κ2) is 8.26. The van der Waals surface area contributed by atoms with Gasteiger partial charge in [0.2, 0.25) is 0 Å². The highest BCUT2D eigenvalue weighted by atomic mass is 32.2. The van der Waals surface area contributed by atoms with Crippen LogP contribution in [0.15, 0.2) is 56.6 Å². The van der Waals surface area contributed by atoms with Crippen LogP contribution in [-0.4, -0.2) is 15.5 Å². The van der Waals surface area contributed by atoms with Crippen LogP contribution in [0.5, 0.6) is 5.75 Å². The molecule has 7 heteroatoms. The SMILES string of the molecule is CC.COc1ccccc1S(=O)(=O)Nc1ccc2oc(=O)c(C)c(C)c2c1.[HH]. The number of para-hydroxylation sites is 1. The van der Waals surface area contributed by atoms with E-state index in [1.54, 1.807) is 50.2 Å². The van der Waals surface area contributed by atoms with Gasteiger partial charge in [-0.05, 0) is 49.7 Å². The number of rotatable bonds is 4. The second-order valence-corrected chi connectivity index (χ2v) is 7.26. The van der Waals surface area contributed by atoms with Gasteiger partial charge in [-0.1, -0.05) is 26.0 Å². The highest BCUT2D eigenvalue weighted by Gasteiger charge is 2.19. The molecule has 3 aromatic rings. The third-order valence-electron chi connectivity index (χ3n) is 4.07. The van der Waals surface area contributed by atoms with E-state index in [0.29, 0.717) is 22.2 Å². The molecule has 0 bridgehead atoms. The minimum Gasteiger partial charge on any atom is -0.495 e. The lowest BCUT2D eigenvalue weighted by atomic mass is 10.1. The van der Waals surface area contributed by atoms with Crippen molar-refractivity contribution in [1.29, 1.82) is 0 Å². The Morgan fingerprint density at radius 1 is 1.04 bits per heavy atom. The van der Waals surface area contributed by atoms with E-state index in [0.717, 1.165) is 5.56 Å². The van der Waals surface area contributed by atoms with Gasteiger partial charge in [0.1, 0.15) is 16.2 Å². The van der Waals surface area contributed by atoms with E-state index in [1.165, 1.54) is 13.2 Å². The third kappa shape index (κ3) is 4.14. The molecule has 146 valence electrons. The monoisotopic (exact) mass is 391 g/mol. The summed E-state index contributed by atoms with van der Waals surface area (Å²) < 4.78 is 38.2. The fourth-order valence-electron chi connectivity index (χ4n) is 2.56. The van der Waals surface area contributed by atoms with Crippen molar-refractivity contribution in [2.75, 3.05) is 11.8 Å². The van der Waals surface area contributed by atoms with Gasteiger partial charge in [0, 0.05) is 18.1 Å². The molecule has 2 aromatic carbocycles. The fourth-order valence-corrected chi connectivity index (χ4v) is 3.78. The molecule has 27 heavy (non-hydrogen) atoms. The van der Waals surface area contributed by atoms with Gasteiger partial charge in [0.25, 0.3) is 10.0 Å². The summed E-state index contributed by atoms with van der Waals surface area (Å²) in [6.45, 7) is 7.47. The van der Waals surface area contributed by atoms with Crippen LogP contribution in [0.3, 0.4) is 0 Å². The summed E-state index contributed by atoms with van der Waals surface area (Å²) in [6, 6.07) is 11.1. The maximum atomic E-state index is 12.7. The van der Waals surface area contributed by atoms with Crippen molar-refractivity contribution in [3.05, 3.63) is 64.0 Å². The molecule has 0 amide bonds. The lowest BCUT2D eigenvalue weighted by Gasteiger charge is -2.12. The van der Waals surface area contributed by atoms with Crippen LogP contribution in [0.25, 0.3) is 11.0 Å². The van der Waals surface area contributed by atoms with Crippen LogP contribution in [0.4, 0.5) is 5.69 Å². The number of benzene rings is 2. The van der Waals surface area contributed by atoms with Crippen molar-refractivity contribution in [2.45, 2.75) is 32.6 Å². The topological polar surface area (TPSA) is 85.6 Å². The summed E-state index contributed by atoms with van der Waals surface area (Å²) in [5, 5.41) is 0.678. The van der Waals surface area contributed by atoms with Crippen LogP contribution in [0.2, 0.25) is 0 Å². The summed E-state index contributed by atoms with van der Waals surface area (Å²) >= 11 is 0. The first-order chi connectivity index (χ1) is 12.8. The molecule has 0 aliphatic carbocycles. The Kier molecular flexibility index (Phi) is 6.28. The zero-order valence-corrected chi connectivity index (χ0v) is 16.8. The Bertz CT molecular complexity index is 1120. The van der Waals surface area contributed by atoms with E-state index in [1.807, 2.05) is 13.8 Å². The lowest BCUT2D eigenvalue weighted by molar-refractivity contribution is 0.403. The van der Waals surface area contributed by atoms with Crippen LogP contribution in [0.1, 0.15) is 26.4 Å². The number of anilines is 1. The Labute approximate surface area is 160 Å². The molecule has 0 spiro atoms. The Morgan fingerprint density at radius 2 is 1.70 bits per heavy atom. The summed E-state index contributed by atoms with van der Waals surface area (Å²) in [6.07, 6.45) is 0. The van der Waals surface area contributed by atoms with Gasteiger partial charge < -0.3 is 9.15 Å². The van der Waals surface area contributed by atoms with Crippen molar-refractivity contribution >= 4 is 26.7 Å². The minimum absolute atomic E-state index is 0. The van der Waals surface area contributed by atoms with E-state index in [4.69, 9.17) is 9.15 Å². The highest BCUT2D eigenvalue weighted by molar-refractivity contribution is 7.92. The number of nitrogens with one attached hydrogen (secondary N) is 1. The van der Waals surface area contributed by atoms with E-state index in [-0.39, 0.29) is 12.1 Å². The average molecular weight is 391 g/mol. The molecule has 0 aliphatic heterocycles. The first kappa shape index (κ1) is 20.5. The standard InChI is InChI=1S/C18H17NO5S.C2H6.H2/c1-11-12(2)18(20)24-15-9-8-13(10-14(11)15)19-25(21,22)17-7-5-4-6-16(17)23-3;1-2;/h4-10,19H,1-3H3;1-2H3;1H. The van der Waals surface area contributed by atoms with E-state index >= 15 is 0 Å². The molecule has 0 fully saturated rings. The first-order valence-corrected chi connectivity index (χ1v) is 10.0. The number of aryl methyl sites for hydroxylation is 1. The normalized spacial score (nSPS) is 10.9. The molecule has 0 radical (unpaired) electrons. The van der Waals surface area contributed by atoms with E-state index < -0.39 is 15.6 Å². The van der Waals surface area contributed by atoms with Gasteiger partial charge in [-0.25, -0.2) is 13.2 Å². The molecular weight excluding hydrogens is 366 g/mol. The van der Waals surface area contributed by atoms with E-state index in [9.17, 15) is 13.2 Å². The number of fused-ring (bicyclic) bond motifs is 1. The maximum Gasteiger partial charge on any atom is 0.339 e. The van der Waals surface area contributed by atoms with Gasteiger partial charge in [0.05, 0.1) is 7.11 Å². The molecule has 0 unspecified atom stereocenters. The number of hydrogen-bond acceptors (Lipinski definition) is 5. The Morgan fingerprint density at radius 3 is 2.37 bits per heavy atom. The van der Waals surface area contributed by atoms with E-state index in [2.05, 4.69) is 4.72 Å². The summed E-state index contributed by atoms with van der Waals surface area (Å²) in [7, 11) is -2.41. The molecule has 3 rings (SSSR count). The summed E-state index contributed by atoms with van der Waals surface area (Å²) in [4.78, 5) is 11.8. The van der Waals surface area contributed by atoms with Crippen LogP contribution in [-0.2, 0) is 10.0 Å². The average Bonchev–Trinajstić information content (AvgIpc) is 2.68. The predicted octanol–water partition coefficient (Wildman–Crippen LogP) is 4.49. The van der Waals surface area contributed by atoms with Gasteiger partial charge in [0.15, 0.2) is 0 Å². The number of hydrogen-bond donors (Lipinski definition) is 1. The Hall–Kier alpha value is -2.80. The van der Waals surface area contributed by atoms with Crippen LogP contribution >= 0.6 is 0 Å². The largest absolute Gasteiger partial charge is 0.495 e. The van der Waals surface area contributed by atoms with Gasteiger partial charge in [-0.2, -0.15) is 0 Å². The van der Waals surface area contributed by atoms with Crippen LogP contribution in [0, 0.1) is 13.8 Å². The molecule has 6 nitrogen and oxygen atoms in total. The zero-order chi connectivity index (χ0) is 20.2. The molecule has 1 N–H and O–H groups in total. The number of sulfonamides is 1. The molecule has 0 aliphatic rings. The molecule has 0 atom stereocenters. The zero-order valence-electron chi connectivity index (χ0n) is 16.0. The van der Waals surface area contributed by atoms with Crippen molar-refractivity contribution in [2.24, 2.45) is 0 Å². The van der Waals surface area contributed by atoms with Crippen molar-refractivity contribution in [3.8, 4) is 5.75 Å². The lowest BCUT2D eigenvalue weighted by Crippen LogP contribution is -2.14. The number of ether oxygens (including phenoxy) is 1. The van der Waals surface area contributed by atoms with Crippen LogP contribution < -0.4 is 15.1 Å². The molecule has 0 saturated heterocycles. The Balaban J connectivity index is 0.00000127. The van der Waals surface area contributed by atoms with Crippen molar-refractivity contribution < 1.29 is 19.0 Å². The third-order valence-corrected chi connectivity index (χ3v) is 5.49. The van der Waals surface area contributed by atoms with Crippen molar-refractivity contribution in [3.63, 3.8) is 0 Å². The van der Waals surface area contributed by atoms with Gasteiger partial charge in [-0.3, -0.25) is 4.72 Å². The smallest absolute Gasteiger partial charge is 0.339 e. The fraction of sp³-hybridized carbons (Fsp3) is 0.250. The highest BCUT2D eigenvalue weighted by Crippen LogP contribution is 2.27. The van der Waals surface area contributed by atoms with Gasteiger partial charge in [-0.15, -0.1) is 0 Å². The van der Waals surface area contributed by atoms with Crippen molar-refractivity contribution in [1.82, 2.24) is 0 Å². The molecule has 1 heterocycles. The molecule has 1 aromatic heterocycles. The molecule has 0 saturated carbocycles. The van der Waals surface area contributed by atoms with Gasteiger partial charge >= 0.3 is 5.63 Å². The summed E-state index contributed by atoms with van der Waals surface area (Å²) in [5.74, 6) is 0.258. The molecular formula is C20H25NO5S.